The average Bonchev–Trinajstić information content (AvgIpc) is 2.24. The van der Waals surface area contributed by atoms with E-state index in [0.29, 0.717) is 0 Å². The number of nitrogens with two attached hydrogens (primary N) is 1. The molecule has 0 radical (unpaired) electrons. The number of rotatable bonds is 1. The van der Waals surface area contributed by atoms with Crippen molar-refractivity contribution in [2.24, 2.45) is 0 Å². The molecular formula is C13H12FN. The maximum Gasteiger partial charge on any atom is 0.123 e. The highest BCUT2D eigenvalue weighted by Crippen LogP contribution is 2.27. The van der Waals surface area contributed by atoms with Crippen LogP contribution >= 0.6 is 0 Å². The van der Waals surface area contributed by atoms with E-state index >= 15 is 0 Å². The summed E-state index contributed by atoms with van der Waals surface area (Å²) in [7, 11) is 0. The number of halogens is 1. The van der Waals surface area contributed by atoms with Crippen molar-refractivity contribution in [1.29, 1.82) is 0 Å². The van der Waals surface area contributed by atoms with Crippen molar-refractivity contribution in [1.82, 2.24) is 0 Å². The van der Waals surface area contributed by atoms with Gasteiger partial charge in [0.15, 0.2) is 0 Å². The molecule has 0 aliphatic rings. The summed E-state index contributed by atoms with van der Waals surface area (Å²) >= 11 is 0. The van der Waals surface area contributed by atoms with Crippen LogP contribution in [0.5, 0.6) is 0 Å². The molecular weight excluding hydrogens is 189 g/mol. The molecule has 76 valence electrons. The summed E-state index contributed by atoms with van der Waals surface area (Å²) in [5, 5.41) is 0. The Hall–Kier alpha value is -1.83. The number of hydrogen-bond donors (Lipinski definition) is 1. The van der Waals surface area contributed by atoms with Gasteiger partial charge in [0.1, 0.15) is 5.82 Å². The third-order valence-electron chi connectivity index (χ3n) is 2.48. The van der Waals surface area contributed by atoms with E-state index in [4.69, 9.17) is 5.73 Å². The zero-order chi connectivity index (χ0) is 10.8. The molecule has 0 unspecified atom stereocenters. The first kappa shape index (κ1) is 9.71. The Labute approximate surface area is 88.4 Å². The number of benzene rings is 2. The van der Waals surface area contributed by atoms with E-state index in [1.165, 1.54) is 12.1 Å². The van der Waals surface area contributed by atoms with Gasteiger partial charge in [0.05, 0.1) is 0 Å². The van der Waals surface area contributed by atoms with E-state index in [1.54, 1.807) is 12.1 Å². The molecule has 2 aromatic rings. The molecule has 0 aromatic heterocycles. The summed E-state index contributed by atoms with van der Waals surface area (Å²) in [6.45, 7) is 1.96. The molecule has 2 rings (SSSR count). The lowest BCUT2D eigenvalue weighted by molar-refractivity contribution is 0.628. The minimum absolute atomic E-state index is 0.232. The number of nitrogen functional groups attached to an aromatic ring is 1. The molecule has 0 amide bonds. The fourth-order valence-electron chi connectivity index (χ4n) is 1.56. The van der Waals surface area contributed by atoms with Crippen molar-refractivity contribution >= 4 is 5.69 Å². The van der Waals surface area contributed by atoms with Crippen LogP contribution in [0.4, 0.5) is 10.1 Å². The van der Waals surface area contributed by atoms with E-state index in [0.717, 1.165) is 22.4 Å². The molecule has 2 N–H and O–H groups in total. The van der Waals surface area contributed by atoms with E-state index in [-0.39, 0.29) is 5.82 Å². The number of hydrogen-bond acceptors (Lipinski definition) is 1. The van der Waals surface area contributed by atoms with Crippen LogP contribution in [0.2, 0.25) is 0 Å². The van der Waals surface area contributed by atoms with E-state index in [2.05, 4.69) is 0 Å². The molecule has 15 heavy (non-hydrogen) atoms. The first-order valence-electron chi connectivity index (χ1n) is 4.79. The van der Waals surface area contributed by atoms with Gasteiger partial charge < -0.3 is 5.73 Å². The van der Waals surface area contributed by atoms with Crippen molar-refractivity contribution in [2.45, 2.75) is 6.92 Å². The smallest absolute Gasteiger partial charge is 0.123 e. The van der Waals surface area contributed by atoms with Crippen LogP contribution in [-0.4, -0.2) is 0 Å². The first-order chi connectivity index (χ1) is 7.18. The Kier molecular flexibility index (Phi) is 2.42. The van der Waals surface area contributed by atoms with Gasteiger partial charge >= 0.3 is 0 Å². The second-order valence-corrected chi connectivity index (χ2v) is 3.54. The Balaban J connectivity index is 2.54. The molecule has 2 heteroatoms. The van der Waals surface area contributed by atoms with Gasteiger partial charge in [-0.15, -0.1) is 0 Å². The minimum Gasteiger partial charge on any atom is -0.398 e. The molecule has 0 spiro atoms. The second kappa shape index (κ2) is 3.73. The lowest BCUT2D eigenvalue weighted by Gasteiger charge is -2.08. The molecule has 0 aliphatic heterocycles. The predicted octanol–water partition coefficient (Wildman–Crippen LogP) is 3.38. The van der Waals surface area contributed by atoms with Crippen LogP contribution in [-0.2, 0) is 0 Å². The fraction of sp³-hybridized carbons (Fsp3) is 0.0769. The Morgan fingerprint density at radius 1 is 1.00 bits per heavy atom. The summed E-state index contributed by atoms with van der Waals surface area (Å²) < 4.78 is 12.8. The second-order valence-electron chi connectivity index (χ2n) is 3.54. The van der Waals surface area contributed by atoms with Gasteiger partial charge in [-0.3, -0.25) is 0 Å². The van der Waals surface area contributed by atoms with Gasteiger partial charge in [-0.05, 0) is 30.2 Å². The van der Waals surface area contributed by atoms with Crippen LogP contribution in [0.1, 0.15) is 5.56 Å². The molecule has 0 heterocycles. The molecule has 0 saturated carbocycles. The van der Waals surface area contributed by atoms with E-state index < -0.39 is 0 Å². The standard InChI is InChI=1S/C13H12FN/c1-9-3-2-4-12(13(9)15)10-5-7-11(14)8-6-10/h2-8H,15H2,1H3. The van der Waals surface area contributed by atoms with Gasteiger partial charge in [-0.1, -0.05) is 30.3 Å². The predicted molar refractivity (Wildman–Crippen MR) is 61.0 cm³/mol. The quantitative estimate of drug-likeness (QED) is 0.703. The third kappa shape index (κ3) is 1.84. The van der Waals surface area contributed by atoms with Crippen LogP contribution < -0.4 is 5.73 Å². The molecule has 0 bridgehead atoms. The Morgan fingerprint density at radius 2 is 1.67 bits per heavy atom. The van der Waals surface area contributed by atoms with E-state index in [1.807, 2.05) is 25.1 Å². The average molecular weight is 201 g/mol. The summed E-state index contributed by atoms with van der Waals surface area (Å²) in [5.41, 5.74) is 9.65. The van der Waals surface area contributed by atoms with Crippen molar-refractivity contribution < 1.29 is 4.39 Å². The van der Waals surface area contributed by atoms with Crippen LogP contribution in [0.25, 0.3) is 11.1 Å². The fourth-order valence-corrected chi connectivity index (χ4v) is 1.56. The van der Waals surface area contributed by atoms with Crippen LogP contribution in [0.15, 0.2) is 42.5 Å². The minimum atomic E-state index is -0.232. The van der Waals surface area contributed by atoms with Crippen LogP contribution in [0.3, 0.4) is 0 Å². The summed E-state index contributed by atoms with van der Waals surface area (Å²) in [4.78, 5) is 0. The van der Waals surface area contributed by atoms with Gasteiger partial charge in [-0.25, -0.2) is 4.39 Å². The third-order valence-corrected chi connectivity index (χ3v) is 2.48. The summed E-state index contributed by atoms with van der Waals surface area (Å²) in [6.07, 6.45) is 0. The van der Waals surface area contributed by atoms with Gasteiger partial charge in [0.2, 0.25) is 0 Å². The lowest BCUT2D eigenvalue weighted by atomic mass is 10.0. The topological polar surface area (TPSA) is 26.0 Å². The van der Waals surface area contributed by atoms with Crippen molar-refractivity contribution in [3.63, 3.8) is 0 Å². The highest BCUT2D eigenvalue weighted by Gasteiger charge is 2.03. The highest BCUT2D eigenvalue weighted by atomic mass is 19.1. The highest BCUT2D eigenvalue weighted by molar-refractivity contribution is 5.78. The Bertz CT molecular complexity index is 474. The van der Waals surface area contributed by atoms with Gasteiger partial charge in [-0.2, -0.15) is 0 Å². The van der Waals surface area contributed by atoms with Crippen molar-refractivity contribution in [3.8, 4) is 11.1 Å². The van der Waals surface area contributed by atoms with Gasteiger partial charge in [0, 0.05) is 11.3 Å². The monoisotopic (exact) mass is 201 g/mol. The molecule has 0 atom stereocenters. The number of para-hydroxylation sites is 1. The summed E-state index contributed by atoms with van der Waals surface area (Å²) in [6, 6.07) is 12.2. The number of aryl methyl sites for hydroxylation is 1. The van der Waals surface area contributed by atoms with Crippen LogP contribution in [0, 0.1) is 12.7 Å². The largest absolute Gasteiger partial charge is 0.398 e. The Morgan fingerprint density at radius 3 is 2.33 bits per heavy atom. The van der Waals surface area contributed by atoms with Crippen molar-refractivity contribution in [3.05, 3.63) is 53.8 Å². The van der Waals surface area contributed by atoms with E-state index in [9.17, 15) is 4.39 Å². The summed E-state index contributed by atoms with van der Waals surface area (Å²) in [5.74, 6) is -0.232. The lowest BCUT2D eigenvalue weighted by Crippen LogP contribution is -1.93. The maximum atomic E-state index is 12.8. The zero-order valence-corrected chi connectivity index (χ0v) is 8.50. The zero-order valence-electron chi connectivity index (χ0n) is 8.50. The SMILES string of the molecule is Cc1cccc(-c2ccc(F)cc2)c1N. The normalized spacial score (nSPS) is 10.3. The number of anilines is 1. The van der Waals surface area contributed by atoms with Gasteiger partial charge in [0.25, 0.3) is 0 Å². The molecule has 1 nitrogen and oxygen atoms in total. The molecule has 2 aromatic carbocycles. The first-order valence-corrected chi connectivity index (χ1v) is 4.79. The molecule has 0 fully saturated rings. The van der Waals surface area contributed by atoms with Crippen molar-refractivity contribution in [2.75, 3.05) is 5.73 Å². The maximum absolute atomic E-state index is 12.8. The molecule has 0 aliphatic carbocycles. The molecule has 0 saturated heterocycles.